The zero-order valence-corrected chi connectivity index (χ0v) is 10.3. The van der Waals surface area contributed by atoms with Gasteiger partial charge in [0.25, 0.3) is 0 Å². The first-order valence-corrected chi connectivity index (χ1v) is 6.33. The molecule has 1 aromatic heterocycles. The lowest BCUT2D eigenvalue weighted by atomic mass is 9.96. The molecule has 88 valence electrons. The summed E-state index contributed by atoms with van der Waals surface area (Å²) in [7, 11) is 1.55. The second-order valence-corrected chi connectivity index (χ2v) is 5.75. The van der Waals surface area contributed by atoms with Gasteiger partial charge in [-0.1, -0.05) is 0 Å². The predicted molar refractivity (Wildman–Crippen MR) is 63.6 cm³/mol. The van der Waals surface area contributed by atoms with Gasteiger partial charge in [-0.3, -0.25) is 4.98 Å². The molecule has 2 atom stereocenters. The summed E-state index contributed by atoms with van der Waals surface area (Å²) in [6, 6.07) is 0. The van der Waals surface area contributed by atoms with Crippen molar-refractivity contribution < 1.29 is 9.84 Å². The largest absolute Gasteiger partial charge is 0.480 e. The van der Waals surface area contributed by atoms with Gasteiger partial charge in [0.1, 0.15) is 11.8 Å². The summed E-state index contributed by atoms with van der Waals surface area (Å²) >= 11 is 1.79. The highest BCUT2D eigenvalue weighted by Gasteiger charge is 2.40. The van der Waals surface area contributed by atoms with E-state index in [1.165, 1.54) is 0 Å². The van der Waals surface area contributed by atoms with Crippen molar-refractivity contribution in [3.63, 3.8) is 0 Å². The summed E-state index contributed by atoms with van der Waals surface area (Å²) in [6.07, 6.45) is 4.67. The van der Waals surface area contributed by atoms with Crippen molar-refractivity contribution in [3.8, 4) is 5.88 Å². The van der Waals surface area contributed by atoms with Gasteiger partial charge in [0.15, 0.2) is 0 Å². The van der Waals surface area contributed by atoms with Crippen molar-refractivity contribution in [2.24, 2.45) is 0 Å². The van der Waals surface area contributed by atoms with Gasteiger partial charge in [0.2, 0.25) is 5.88 Å². The first-order chi connectivity index (χ1) is 7.67. The first kappa shape index (κ1) is 11.7. The van der Waals surface area contributed by atoms with E-state index in [1.54, 1.807) is 31.3 Å². The van der Waals surface area contributed by atoms with E-state index in [4.69, 9.17) is 4.74 Å². The molecule has 1 aliphatic rings. The molecule has 1 saturated heterocycles. The highest BCUT2D eigenvalue weighted by atomic mass is 32.2. The van der Waals surface area contributed by atoms with E-state index in [9.17, 15) is 5.11 Å². The number of methoxy groups -OCH3 is 1. The highest BCUT2D eigenvalue weighted by Crippen LogP contribution is 2.47. The Morgan fingerprint density at radius 1 is 1.50 bits per heavy atom. The molecular formula is C11H16N2O2S. The summed E-state index contributed by atoms with van der Waals surface area (Å²) in [6.45, 7) is 2.07. The first-order valence-electron chi connectivity index (χ1n) is 5.34. The van der Waals surface area contributed by atoms with Gasteiger partial charge in [0, 0.05) is 17.1 Å². The van der Waals surface area contributed by atoms with Gasteiger partial charge < -0.3 is 9.84 Å². The minimum absolute atomic E-state index is 0.163. The molecule has 2 rings (SSSR count). The number of aliphatic hydroxyl groups is 1. The maximum absolute atomic E-state index is 10.4. The summed E-state index contributed by atoms with van der Waals surface area (Å²) in [5.41, 5.74) is 0.543. The Bertz CT molecular complexity index is 367. The number of aliphatic hydroxyl groups excluding tert-OH is 1. The van der Waals surface area contributed by atoms with Crippen molar-refractivity contribution in [3.05, 3.63) is 18.1 Å². The Labute approximate surface area is 99.5 Å². The van der Waals surface area contributed by atoms with Crippen LogP contribution in [0.2, 0.25) is 0 Å². The van der Waals surface area contributed by atoms with Gasteiger partial charge in [-0.25, -0.2) is 4.98 Å². The lowest BCUT2D eigenvalue weighted by Gasteiger charge is -2.28. The van der Waals surface area contributed by atoms with Gasteiger partial charge in [-0.05, 0) is 25.5 Å². The summed E-state index contributed by atoms with van der Waals surface area (Å²) in [4.78, 5) is 8.26. The SMILES string of the molecule is COc1nccnc1C(O)C1(C)CCCS1. The number of hydrogen-bond acceptors (Lipinski definition) is 5. The van der Waals surface area contributed by atoms with Crippen LogP contribution in [0.15, 0.2) is 12.4 Å². The van der Waals surface area contributed by atoms with Crippen molar-refractivity contribution in [1.29, 1.82) is 0 Å². The third-order valence-electron chi connectivity index (χ3n) is 2.97. The lowest BCUT2D eigenvalue weighted by Crippen LogP contribution is -2.27. The molecule has 5 heteroatoms. The zero-order valence-electron chi connectivity index (χ0n) is 9.51. The van der Waals surface area contributed by atoms with Crippen molar-refractivity contribution in [2.75, 3.05) is 12.9 Å². The summed E-state index contributed by atoms with van der Waals surface area (Å²) < 4.78 is 4.96. The molecule has 0 radical (unpaired) electrons. The zero-order chi connectivity index (χ0) is 11.6. The van der Waals surface area contributed by atoms with Crippen molar-refractivity contribution in [1.82, 2.24) is 9.97 Å². The monoisotopic (exact) mass is 240 g/mol. The highest BCUT2D eigenvalue weighted by molar-refractivity contribution is 8.00. The van der Waals surface area contributed by atoms with Crippen LogP contribution in [-0.4, -0.2) is 32.7 Å². The topological polar surface area (TPSA) is 55.2 Å². The predicted octanol–water partition coefficient (Wildman–Crippen LogP) is 1.80. The maximum Gasteiger partial charge on any atom is 0.238 e. The van der Waals surface area contributed by atoms with Gasteiger partial charge >= 0.3 is 0 Å². The Kier molecular flexibility index (Phi) is 3.35. The van der Waals surface area contributed by atoms with E-state index in [2.05, 4.69) is 16.9 Å². The third-order valence-corrected chi connectivity index (χ3v) is 4.55. The maximum atomic E-state index is 10.4. The van der Waals surface area contributed by atoms with Gasteiger partial charge in [-0.2, -0.15) is 11.8 Å². The molecule has 1 aliphatic heterocycles. The van der Waals surface area contributed by atoms with Crippen LogP contribution >= 0.6 is 11.8 Å². The van der Waals surface area contributed by atoms with E-state index in [1.807, 2.05) is 0 Å². The van der Waals surface area contributed by atoms with Crippen LogP contribution < -0.4 is 4.74 Å². The fraction of sp³-hybridized carbons (Fsp3) is 0.636. The molecule has 1 aromatic rings. The number of thioether (sulfide) groups is 1. The van der Waals surface area contributed by atoms with E-state index < -0.39 is 6.10 Å². The molecule has 2 unspecified atom stereocenters. The minimum atomic E-state index is -0.622. The van der Waals surface area contributed by atoms with Crippen molar-refractivity contribution >= 4 is 11.8 Å². The van der Waals surface area contributed by atoms with E-state index in [0.29, 0.717) is 11.6 Å². The molecule has 2 heterocycles. The van der Waals surface area contributed by atoms with Crippen LogP contribution in [0.25, 0.3) is 0 Å². The van der Waals surface area contributed by atoms with E-state index >= 15 is 0 Å². The van der Waals surface area contributed by atoms with Crippen LogP contribution in [-0.2, 0) is 0 Å². The Balaban J connectivity index is 2.29. The fourth-order valence-corrected chi connectivity index (χ4v) is 3.30. The molecule has 1 fully saturated rings. The average molecular weight is 240 g/mol. The fourth-order valence-electron chi connectivity index (χ4n) is 1.99. The molecule has 0 aromatic carbocycles. The molecule has 0 bridgehead atoms. The van der Waals surface area contributed by atoms with E-state index in [0.717, 1.165) is 18.6 Å². The molecule has 0 spiro atoms. The summed E-state index contributed by atoms with van der Waals surface area (Å²) in [5, 5.41) is 10.4. The van der Waals surface area contributed by atoms with Crippen LogP contribution in [0, 0.1) is 0 Å². The molecule has 0 amide bonds. The van der Waals surface area contributed by atoms with Gasteiger partial charge in [0.05, 0.1) is 7.11 Å². The van der Waals surface area contributed by atoms with E-state index in [-0.39, 0.29) is 4.75 Å². The van der Waals surface area contributed by atoms with Crippen LogP contribution in [0.1, 0.15) is 31.6 Å². The molecule has 1 N–H and O–H groups in total. The number of rotatable bonds is 3. The number of nitrogens with zero attached hydrogens (tertiary/aromatic N) is 2. The Morgan fingerprint density at radius 2 is 2.25 bits per heavy atom. The standard InChI is InChI=1S/C11H16N2O2S/c1-11(4-3-7-16-11)9(14)8-10(15-2)13-6-5-12-8/h5-6,9,14H,3-4,7H2,1-2H3. The smallest absolute Gasteiger partial charge is 0.238 e. The average Bonchev–Trinajstić information content (AvgIpc) is 2.76. The van der Waals surface area contributed by atoms with Crippen LogP contribution in [0.5, 0.6) is 5.88 Å². The van der Waals surface area contributed by atoms with Crippen molar-refractivity contribution in [2.45, 2.75) is 30.6 Å². The Morgan fingerprint density at radius 3 is 2.88 bits per heavy atom. The third kappa shape index (κ3) is 2.01. The normalized spacial score (nSPS) is 26.7. The molecular weight excluding hydrogens is 224 g/mol. The number of ether oxygens (including phenoxy) is 1. The molecule has 4 nitrogen and oxygen atoms in total. The second kappa shape index (κ2) is 4.59. The molecule has 16 heavy (non-hydrogen) atoms. The molecule has 0 aliphatic carbocycles. The summed E-state index contributed by atoms with van der Waals surface area (Å²) in [5.74, 6) is 1.51. The quantitative estimate of drug-likeness (QED) is 0.873. The second-order valence-electron chi connectivity index (χ2n) is 4.12. The Hall–Kier alpha value is -0.810. The minimum Gasteiger partial charge on any atom is -0.480 e. The number of aromatic nitrogens is 2. The molecule has 0 saturated carbocycles. The van der Waals surface area contributed by atoms with Gasteiger partial charge in [-0.15, -0.1) is 0 Å². The van der Waals surface area contributed by atoms with Crippen LogP contribution in [0.3, 0.4) is 0 Å². The number of hydrogen-bond donors (Lipinski definition) is 1. The van der Waals surface area contributed by atoms with Crippen LogP contribution in [0.4, 0.5) is 0 Å². The lowest BCUT2D eigenvalue weighted by molar-refractivity contribution is 0.126.